The summed E-state index contributed by atoms with van der Waals surface area (Å²) in [6, 6.07) is 8.87. The fourth-order valence-electron chi connectivity index (χ4n) is 2.48. The second kappa shape index (κ2) is 5.19. The summed E-state index contributed by atoms with van der Waals surface area (Å²) >= 11 is 0. The average Bonchev–Trinajstić information content (AvgIpc) is 2.30. The lowest BCUT2D eigenvalue weighted by atomic mass is 9.83. The van der Waals surface area contributed by atoms with E-state index >= 15 is 0 Å². The minimum atomic E-state index is 0.212. The summed E-state index contributed by atoms with van der Waals surface area (Å²) in [6.45, 7) is 11.8. The summed E-state index contributed by atoms with van der Waals surface area (Å²) in [6.07, 6.45) is 0. The van der Waals surface area contributed by atoms with Gasteiger partial charge in [0, 0.05) is 25.0 Å². The van der Waals surface area contributed by atoms with Crippen molar-refractivity contribution in [3.8, 4) is 0 Å². The van der Waals surface area contributed by atoms with E-state index < -0.39 is 0 Å². The van der Waals surface area contributed by atoms with E-state index in [0.717, 1.165) is 32.8 Å². The van der Waals surface area contributed by atoms with E-state index in [1.165, 1.54) is 11.1 Å². The number of nitrogens with zero attached hydrogens (tertiary/aromatic N) is 1. The largest absolute Gasteiger partial charge is 0.379 e. The molecule has 1 aromatic rings. The lowest BCUT2D eigenvalue weighted by molar-refractivity contribution is 0.0295. The van der Waals surface area contributed by atoms with Gasteiger partial charge < -0.3 is 4.74 Å². The highest BCUT2D eigenvalue weighted by Crippen LogP contribution is 2.25. The van der Waals surface area contributed by atoms with Crippen molar-refractivity contribution in [3.05, 3.63) is 35.4 Å². The van der Waals surface area contributed by atoms with Gasteiger partial charge in [0.25, 0.3) is 0 Å². The van der Waals surface area contributed by atoms with Gasteiger partial charge in [-0.25, -0.2) is 0 Å². The van der Waals surface area contributed by atoms with Crippen LogP contribution in [0.25, 0.3) is 0 Å². The van der Waals surface area contributed by atoms with Crippen LogP contribution < -0.4 is 0 Å². The van der Waals surface area contributed by atoms with Gasteiger partial charge in [-0.15, -0.1) is 0 Å². The maximum absolute atomic E-state index is 5.40. The van der Waals surface area contributed by atoms with Crippen LogP contribution in [0.3, 0.4) is 0 Å². The predicted molar refractivity (Wildman–Crippen MR) is 71.5 cm³/mol. The third kappa shape index (κ3) is 3.30. The molecule has 1 fully saturated rings. The van der Waals surface area contributed by atoms with Crippen LogP contribution in [0.1, 0.15) is 25.0 Å². The second-order valence-electron chi connectivity index (χ2n) is 5.64. The maximum atomic E-state index is 5.40. The van der Waals surface area contributed by atoms with E-state index in [1.807, 2.05) is 0 Å². The standard InChI is InChI=1S/C15H23NO/c1-13-5-4-6-14(11-13)15(2,3)12-16-7-9-17-10-8-16/h4-6,11H,7-10,12H2,1-3H3. The van der Waals surface area contributed by atoms with Crippen LogP contribution in [0.5, 0.6) is 0 Å². The molecule has 2 rings (SSSR count). The molecule has 2 heteroatoms. The van der Waals surface area contributed by atoms with Crippen molar-refractivity contribution >= 4 is 0 Å². The summed E-state index contributed by atoms with van der Waals surface area (Å²) in [5.41, 5.74) is 2.99. The van der Waals surface area contributed by atoms with Gasteiger partial charge >= 0.3 is 0 Å². The van der Waals surface area contributed by atoms with Crippen LogP contribution in [-0.2, 0) is 10.2 Å². The number of hydrogen-bond acceptors (Lipinski definition) is 2. The van der Waals surface area contributed by atoms with Gasteiger partial charge in [0.1, 0.15) is 0 Å². The molecule has 2 nitrogen and oxygen atoms in total. The summed E-state index contributed by atoms with van der Waals surface area (Å²) < 4.78 is 5.40. The van der Waals surface area contributed by atoms with Crippen LogP contribution in [0, 0.1) is 6.92 Å². The Morgan fingerprint density at radius 1 is 1.24 bits per heavy atom. The molecule has 0 aliphatic carbocycles. The molecule has 0 saturated carbocycles. The smallest absolute Gasteiger partial charge is 0.0594 e. The molecular weight excluding hydrogens is 210 g/mol. The molecule has 0 unspecified atom stereocenters. The zero-order valence-corrected chi connectivity index (χ0v) is 11.2. The number of ether oxygens (including phenoxy) is 1. The van der Waals surface area contributed by atoms with Crippen molar-refractivity contribution in [2.24, 2.45) is 0 Å². The first-order chi connectivity index (χ1) is 8.08. The van der Waals surface area contributed by atoms with Gasteiger partial charge in [0.2, 0.25) is 0 Å². The van der Waals surface area contributed by atoms with Gasteiger partial charge in [-0.3, -0.25) is 4.90 Å². The number of hydrogen-bond donors (Lipinski definition) is 0. The lowest BCUT2D eigenvalue weighted by Crippen LogP contribution is -2.43. The molecule has 0 bridgehead atoms. The zero-order valence-electron chi connectivity index (χ0n) is 11.2. The van der Waals surface area contributed by atoms with Crippen LogP contribution in [0.4, 0.5) is 0 Å². The lowest BCUT2D eigenvalue weighted by Gasteiger charge is -2.35. The molecule has 17 heavy (non-hydrogen) atoms. The first-order valence-corrected chi connectivity index (χ1v) is 6.45. The molecule has 0 amide bonds. The van der Waals surface area contributed by atoms with Crippen molar-refractivity contribution in [2.75, 3.05) is 32.8 Å². The van der Waals surface area contributed by atoms with Crippen molar-refractivity contribution in [3.63, 3.8) is 0 Å². The molecule has 0 N–H and O–H groups in total. The van der Waals surface area contributed by atoms with Gasteiger partial charge in [-0.05, 0) is 12.5 Å². The van der Waals surface area contributed by atoms with Gasteiger partial charge in [-0.2, -0.15) is 0 Å². The van der Waals surface area contributed by atoms with E-state index in [1.54, 1.807) is 0 Å². The summed E-state index contributed by atoms with van der Waals surface area (Å²) in [5.74, 6) is 0. The molecule has 0 spiro atoms. The molecular formula is C15H23NO. The minimum absolute atomic E-state index is 0.212. The SMILES string of the molecule is Cc1cccc(C(C)(C)CN2CCOCC2)c1. The molecule has 1 heterocycles. The Balaban J connectivity index is 2.06. The first kappa shape index (κ1) is 12.6. The van der Waals surface area contributed by atoms with Gasteiger partial charge in [0.05, 0.1) is 13.2 Å². The highest BCUT2D eigenvalue weighted by atomic mass is 16.5. The fourth-order valence-corrected chi connectivity index (χ4v) is 2.48. The Bertz CT molecular complexity index is 367. The third-order valence-corrected chi connectivity index (χ3v) is 3.52. The quantitative estimate of drug-likeness (QED) is 0.795. The maximum Gasteiger partial charge on any atom is 0.0594 e. The second-order valence-corrected chi connectivity index (χ2v) is 5.64. The molecule has 94 valence electrons. The van der Waals surface area contributed by atoms with Crippen molar-refractivity contribution in [1.82, 2.24) is 4.90 Å². The Morgan fingerprint density at radius 3 is 2.59 bits per heavy atom. The molecule has 0 aromatic heterocycles. The predicted octanol–water partition coefficient (Wildman–Crippen LogP) is 2.60. The van der Waals surface area contributed by atoms with Crippen molar-refractivity contribution < 1.29 is 4.74 Å². The molecule has 1 saturated heterocycles. The highest BCUT2D eigenvalue weighted by molar-refractivity contribution is 5.28. The summed E-state index contributed by atoms with van der Waals surface area (Å²) in [4.78, 5) is 2.51. The number of morpholine rings is 1. The Hall–Kier alpha value is -0.860. The highest BCUT2D eigenvalue weighted by Gasteiger charge is 2.24. The third-order valence-electron chi connectivity index (χ3n) is 3.52. The van der Waals surface area contributed by atoms with Crippen LogP contribution in [-0.4, -0.2) is 37.7 Å². The van der Waals surface area contributed by atoms with E-state index in [4.69, 9.17) is 4.74 Å². The van der Waals surface area contributed by atoms with E-state index in [0.29, 0.717) is 0 Å². The number of aryl methyl sites for hydroxylation is 1. The molecule has 1 aliphatic heterocycles. The van der Waals surface area contributed by atoms with Crippen LogP contribution >= 0.6 is 0 Å². The van der Waals surface area contributed by atoms with Crippen molar-refractivity contribution in [2.45, 2.75) is 26.2 Å². The van der Waals surface area contributed by atoms with Gasteiger partial charge in [0.15, 0.2) is 0 Å². The van der Waals surface area contributed by atoms with E-state index in [9.17, 15) is 0 Å². The van der Waals surface area contributed by atoms with Crippen LogP contribution in [0.2, 0.25) is 0 Å². The molecule has 0 radical (unpaired) electrons. The topological polar surface area (TPSA) is 12.5 Å². The summed E-state index contributed by atoms with van der Waals surface area (Å²) in [7, 11) is 0. The molecule has 1 aliphatic rings. The average molecular weight is 233 g/mol. The van der Waals surface area contributed by atoms with Crippen molar-refractivity contribution in [1.29, 1.82) is 0 Å². The number of rotatable bonds is 3. The molecule has 0 atom stereocenters. The first-order valence-electron chi connectivity index (χ1n) is 6.45. The van der Waals surface area contributed by atoms with Gasteiger partial charge in [-0.1, -0.05) is 43.7 Å². The monoisotopic (exact) mass is 233 g/mol. The minimum Gasteiger partial charge on any atom is -0.379 e. The van der Waals surface area contributed by atoms with E-state index in [2.05, 4.69) is 49.9 Å². The Kier molecular flexibility index (Phi) is 3.85. The van der Waals surface area contributed by atoms with E-state index in [-0.39, 0.29) is 5.41 Å². The summed E-state index contributed by atoms with van der Waals surface area (Å²) in [5, 5.41) is 0. The van der Waals surface area contributed by atoms with Crippen LogP contribution in [0.15, 0.2) is 24.3 Å². The number of benzene rings is 1. The molecule has 1 aromatic carbocycles. The Labute approximate surface area is 105 Å². The normalized spacial score (nSPS) is 18.3. The fraction of sp³-hybridized carbons (Fsp3) is 0.600. The zero-order chi connectivity index (χ0) is 12.3. The Morgan fingerprint density at radius 2 is 1.94 bits per heavy atom.